The lowest BCUT2D eigenvalue weighted by Crippen LogP contribution is -2.32. The molecule has 0 aliphatic carbocycles. The SMILES string of the molecule is Cc1cc(B(O)O)c2nnnn2c1. The smallest absolute Gasteiger partial charge is 0.423 e. The van der Waals surface area contributed by atoms with E-state index in [1.165, 1.54) is 4.52 Å². The van der Waals surface area contributed by atoms with Gasteiger partial charge in [0.25, 0.3) is 0 Å². The number of rotatable bonds is 1. The Balaban J connectivity index is 2.77. The zero-order chi connectivity index (χ0) is 9.42. The minimum absolute atomic E-state index is 0.310. The second kappa shape index (κ2) is 2.79. The minimum Gasteiger partial charge on any atom is -0.423 e. The number of tetrazole rings is 1. The van der Waals surface area contributed by atoms with Gasteiger partial charge in [-0.05, 0) is 22.9 Å². The molecule has 0 fully saturated rings. The lowest BCUT2D eigenvalue weighted by Gasteiger charge is -2.01. The van der Waals surface area contributed by atoms with Crippen LogP contribution in [0.2, 0.25) is 0 Å². The van der Waals surface area contributed by atoms with E-state index in [4.69, 9.17) is 10.0 Å². The van der Waals surface area contributed by atoms with Crippen molar-refractivity contribution in [1.29, 1.82) is 0 Å². The summed E-state index contributed by atoms with van der Waals surface area (Å²) in [6.45, 7) is 1.83. The molecule has 0 spiro atoms. The van der Waals surface area contributed by atoms with Crippen molar-refractivity contribution < 1.29 is 10.0 Å². The number of pyridine rings is 1. The van der Waals surface area contributed by atoms with Crippen LogP contribution in [0.4, 0.5) is 0 Å². The highest BCUT2D eigenvalue weighted by Crippen LogP contribution is 1.98. The fourth-order valence-electron chi connectivity index (χ4n) is 1.20. The largest absolute Gasteiger partial charge is 0.492 e. The van der Waals surface area contributed by atoms with Crippen molar-refractivity contribution in [2.24, 2.45) is 0 Å². The Bertz CT molecular complexity index is 441. The predicted octanol–water partition coefficient (Wildman–Crippen LogP) is -1.89. The first-order chi connectivity index (χ1) is 6.18. The third kappa shape index (κ3) is 1.27. The van der Waals surface area contributed by atoms with Crippen molar-refractivity contribution in [2.75, 3.05) is 0 Å². The maximum absolute atomic E-state index is 9.01. The molecule has 7 heteroatoms. The molecule has 6 nitrogen and oxygen atoms in total. The van der Waals surface area contributed by atoms with Crippen LogP contribution < -0.4 is 5.46 Å². The number of hydrogen-bond acceptors (Lipinski definition) is 5. The van der Waals surface area contributed by atoms with Crippen LogP contribution in [0, 0.1) is 6.92 Å². The van der Waals surface area contributed by atoms with Crippen LogP contribution in [0.1, 0.15) is 5.56 Å². The molecule has 66 valence electrons. The Hall–Kier alpha value is -1.47. The van der Waals surface area contributed by atoms with Gasteiger partial charge >= 0.3 is 7.12 Å². The van der Waals surface area contributed by atoms with Gasteiger partial charge in [-0.1, -0.05) is 6.07 Å². The third-order valence-electron chi connectivity index (χ3n) is 1.74. The molecule has 0 radical (unpaired) electrons. The van der Waals surface area contributed by atoms with Crippen LogP contribution in [0.5, 0.6) is 0 Å². The molecule has 0 saturated heterocycles. The van der Waals surface area contributed by atoms with Crippen LogP contribution in [-0.4, -0.2) is 37.2 Å². The van der Waals surface area contributed by atoms with E-state index >= 15 is 0 Å². The first kappa shape index (κ1) is 8.15. The van der Waals surface area contributed by atoms with E-state index in [0.29, 0.717) is 11.1 Å². The normalized spacial score (nSPS) is 10.7. The Labute approximate surface area is 74.0 Å². The number of nitrogens with zero attached hydrogens (tertiary/aromatic N) is 4. The van der Waals surface area contributed by atoms with E-state index in [9.17, 15) is 0 Å². The maximum Gasteiger partial charge on any atom is 0.492 e. The summed E-state index contributed by atoms with van der Waals surface area (Å²) in [7, 11) is -1.55. The van der Waals surface area contributed by atoms with Crippen LogP contribution in [0.3, 0.4) is 0 Å². The molecule has 2 N–H and O–H groups in total. The summed E-state index contributed by atoms with van der Waals surface area (Å²) in [6.07, 6.45) is 1.71. The lowest BCUT2D eigenvalue weighted by atomic mass is 9.80. The summed E-state index contributed by atoms with van der Waals surface area (Å²) in [4.78, 5) is 0. The van der Waals surface area contributed by atoms with Gasteiger partial charge in [0.2, 0.25) is 0 Å². The molecular weight excluding hydrogens is 171 g/mol. The highest BCUT2D eigenvalue weighted by Gasteiger charge is 2.17. The van der Waals surface area contributed by atoms with Gasteiger partial charge in [-0.2, -0.15) is 0 Å². The second-order valence-electron chi connectivity index (χ2n) is 2.79. The van der Waals surface area contributed by atoms with E-state index in [-0.39, 0.29) is 0 Å². The molecule has 2 heterocycles. The summed E-state index contributed by atoms with van der Waals surface area (Å²) in [6, 6.07) is 1.64. The Kier molecular flexibility index (Phi) is 1.75. The van der Waals surface area contributed by atoms with Gasteiger partial charge in [-0.25, -0.2) is 4.52 Å². The van der Waals surface area contributed by atoms with E-state index in [0.717, 1.165) is 5.56 Å². The fourth-order valence-corrected chi connectivity index (χ4v) is 1.20. The molecule has 2 rings (SSSR count). The summed E-state index contributed by atoms with van der Waals surface area (Å²) in [5.41, 5.74) is 1.54. The highest BCUT2D eigenvalue weighted by atomic mass is 16.4. The first-order valence-electron chi connectivity index (χ1n) is 3.73. The van der Waals surface area contributed by atoms with Crippen molar-refractivity contribution in [3.8, 4) is 0 Å². The molecule has 13 heavy (non-hydrogen) atoms. The van der Waals surface area contributed by atoms with Gasteiger partial charge in [-0.15, -0.1) is 5.10 Å². The first-order valence-corrected chi connectivity index (χ1v) is 3.73. The fraction of sp³-hybridized carbons (Fsp3) is 0.167. The Morgan fingerprint density at radius 1 is 1.46 bits per heavy atom. The third-order valence-corrected chi connectivity index (χ3v) is 1.74. The van der Waals surface area contributed by atoms with E-state index in [1.807, 2.05) is 6.92 Å². The summed E-state index contributed by atoms with van der Waals surface area (Å²) in [5.74, 6) is 0. The van der Waals surface area contributed by atoms with Crippen LogP contribution in [0.25, 0.3) is 5.65 Å². The van der Waals surface area contributed by atoms with E-state index in [1.54, 1.807) is 12.3 Å². The zero-order valence-corrected chi connectivity index (χ0v) is 6.92. The molecule has 2 aromatic heterocycles. The molecule has 0 aliphatic heterocycles. The van der Waals surface area contributed by atoms with Crippen molar-refractivity contribution >= 4 is 18.2 Å². The van der Waals surface area contributed by atoms with Crippen molar-refractivity contribution in [3.05, 3.63) is 17.8 Å². The van der Waals surface area contributed by atoms with Gasteiger partial charge in [-0.3, -0.25) is 0 Å². The average Bonchev–Trinajstić information content (AvgIpc) is 2.49. The van der Waals surface area contributed by atoms with Gasteiger partial charge in [0.15, 0.2) is 5.65 Å². The summed E-state index contributed by atoms with van der Waals surface area (Å²) >= 11 is 0. The summed E-state index contributed by atoms with van der Waals surface area (Å²) < 4.78 is 1.41. The number of aromatic nitrogens is 4. The molecule has 0 bridgehead atoms. The lowest BCUT2D eigenvalue weighted by molar-refractivity contribution is 0.426. The van der Waals surface area contributed by atoms with Gasteiger partial charge in [0.05, 0.1) is 0 Å². The minimum atomic E-state index is -1.55. The Morgan fingerprint density at radius 2 is 2.23 bits per heavy atom. The number of aryl methyl sites for hydroxylation is 1. The van der Waals surface area contributed by atoms with Crippen LogP contribution >= 0.6 is 0 Å². The molecule has 0 aromatic carbocycles. The van der Waals surface area contributed by atoms with Crippen LogP contribution in [-0.2, 0) is 0 Å². The molecule has 0 unspecified atom stereocenters. The predicted molar refractivity (Wildman–Crippen MR) is 45.3 cm³/mol. The van der Waals surface area contributed by atoms with E-state index in [2.05, 4.69) is 15.5 Å². The van der Waals surface area contributed by atoms with Gasteiger partial charge < -0.3 is 10.0 Å². The Morgan fingerprint density at radius 3 is 2.92 bits per heavy atom. The van der Waals surface area contributed by atoms with Gasteiger partial charge in [0, 0.05) is 11.7 Å². The molecule has 0 amide bonds. The monoisotopic (exact) mass is 178 g/mol. The van der Waals surface area contributed by atoms with Crippen LogP contribution in [0.15, 0.2) is 12.3 Å². The standard InChI is InChI=1S/C6H7BN4O2/c1-4-2-5(7(12)13)6-8-9-10-11(6)3-4/h2-3,12-13H,1H3. The number of hydrogen-bond donors (Lipinski definition) is 2. The number of fused-ring (bicyclic) bond motifs is 1. The van der Waals surface area contributed by atoms with Crippen molar-refractivity contribution in [1.82, 2.24) is 20.0 Å². The molecule has 0 atom stereocenters. The molecule has 0 saturated carbocycles. The van der Waals surface area contributed by atoms with Crippen molar-refractivity contribution in [3.63, 3.8) is 0 Å². The summed E-state index contributed by atoms with van der Waals surface area (Å²) in [5, 5.41) is 28.8. The molecule has 2 aromatic rings. The van der Waals surface area contributed by atoms with E-state index < -0.39 is 7.12 Å². The zero-order valence-electron chi connectivity index (χ0n) is 6.92. The van der Waals surface area contributed by atoms with Crippen molar-refractivity contribution in [2.45, 2.75) is 6.92 Å². The molecule has 0 aliphatic rings. The maximum atomic E-state index is 9.01. The average molecular weight is 178 g/mol. The molecular formula is C6H7BN4O2. The topological polar surface area (TPSA) is 83.5 Å². The quantitative estimate of drug-likeness (QED) is 0.499. The highest BCUT2D eigenvalue weighted by molar-refractivity contribution is 6.60. The van der Waals surface area contributed by atoms with Gasteiger partial charge in [0.1, 0.15) is 0 Å². The second-order valence-corrected chi connectivity index (χ2v) is 2.79.